The van der Waals surface area contributed by atoms with Gasteiger partial charge in [0.1, 0.15) is 5.76 Å². The number of hydrogen-bond acceptors (Lipinski definition) is 5. The molecule has 0 bridgehead atoms. The molecule has 0 unspecified atom stereocenters. The van der Waals surface area contributed by atoms with Crippen molar-refractivity contribution in [2.45, 2.75) is 32.6 Å². The predicted molar refractivity (Wildman–Crippen MR) is 92.3 cm³/mol. The molecule has 0 spiro atoms. The van der Waals surface area contributed by atoms with E-state index in [0.717, 1.165) is 6.42 Å². The standard InChI is InChI=1S/C19H21NO5/c1-2-4-18(22)20-15-8-6-14(7-9-15)17(21)13-25-19(23)11-10-16-5-3-12-24-16/h3,5-9,12H,2,4,10-11,13H2,1H3,(H,20,22). The Bertz CT molecular complexity index is 704. The number of rotatable bonds is 9. The number of carbonyl (C=O) groups is 3. The fourth-order valence-electron chi connectivity index (χ4n) is 2.17. The third-order valence-electron chi connectivity index (χ3n) is 3.49. The summed E-state index contributed by atoms with van der Waals surface area (Å²) in [5, 5.41) is 2.74. The molecule has 1 amide bonds. The summed E-state index contributed by atoms with van der Waals surface area (Å²) >= 11 is 0. The lowest BCUT2D eigenvalue weighted by Crippen LogP contribution is -2.15. The highest BCUT2D eigenvalue weighted by Gasteiger charge is 2.11. The summed E-state index contributed by atoms with van der Waals surface area (Å²) in [6.07, 6.45) is 3.36. The van der Waals surface area contributed by atoms with Crippen LogP contribution in [0.3, 0.4) is 0 Å². The van der Waals surface area contributed by atoms with Crippen LogP contribution in [0.25, 0.3) is 0 Å². The second-order valence-corrected chi connectivity index (χ2v) is 5.54. The monoisotopic (exact) mass is 343 g/mol. The fourth-order valence-corrected chi connectivity index (χ4v) is 2.17. The van der Waals surface area contributed by atoms with Crippen molar-refractivity contribution < 1.29 is 23.5 Å². The minimum Gasteiger partial charge on any atom is -0.469 e. The summed E-state index contributed by atoms with van der Waals surface area (Å²) < 4.78 is 10.1. The normalized spacial score (nSPS) is 10.3. The van der Waals surface area contributed by atoms with Crippen molar-refractivity contribution in [1.82, 2.24) is 0 Å². The van der Waals surface area contributed by atoms with Crippen molar-refractivity contribution in [2.24, 2.45) is 0 Å². The first-order valence-electron chi connectivity index (χ1n) is 8.19. The van der Waals surface area contributed by atoms with E-state index < -0.39 is 5.97 Å². The van der Waals surface area contributed by atoms with Crippen LogP contribution in [0.15, 0.2) is 47.1 Å². The molecule has 6 nitrogen and oxygen atoms in total. The molecule has 1 heterocycles. The maximum atomic E-state index is 12.0. The van der Waals surface area contributed by atoms with Gasteiger partial charge in [0.05, 0.1) is 12.7 Å². The highest BCUT2D eigenvalue weighted by atomic mass is 16.5. The van der Waals surface area contributed by atoms with Crippen LogP contribution < -0.4 is 5.32 Å². The summed E-state index contributed by atoms with van der Waals surface area (Å²) in [5.74, 6) is -0.109. The number of aryl methyl sites for hydroxylation is 1. The van der Waals surface area contributed by atoms with Crippen LogP contribution in [-0.4, -0.2) is 24.3 Å². The SMILES string of the molecule is CCCC(=O)Nc1ccc(C(=O)COC(=O)CCc2ccco2)cc1. The molecule has 0 aliphatic heterocycles. The Balaban J connectivity index is 1.76. The third-order valence-corrected chi connectivity index (χ3v) is 3.49. The number of ether oxygens (including phenoxy) is 1. The van der Waals surface area contributed by atoms with Crippen LogP contribution in [-0.2, 0) is 20.7 Å². The van der Waals surface area contributed by atoms with Gasteiger partial charge in [-0.2, -0.15) is 0 Å². The van der Waals surface area contributed by atoms with E-state index >= 15 is 0 Å². The highest BCUT2D eigenvalue weighted by molar-refractivity contribution is 5.98. The van der Waals surface area contributed by atoms with Gasteiger partial charge in [0.2, 0.25) is 5.91 Å². The highest BCUT2D eigenvalue weighted by Crippen LogP contribution is 2.11. The van der Waals surface area contributed by atoms with Crippen molar-refractivity contribution in [2.75, 3.05) is 11.9 Å². The van der Waals surface area contributed by atoms with Gasteiger partial charge in [-0.05, 0) is 42.8 Å². The quantitative estimate of drug-likeness (QED) is 0.557. The number of nitrogens with one attached hydrogen (secondary N) is 1. The van der Waals surface area contributed by atoms with Crippen molar-refractivity contribution in [1.29, 1.82) is 0 Å². The number of amides is 1. The van der Waals surface area contributed by atoms with Crippen LogP contribution in [0.1, 0.15) is 42.3 Å². The number of benzene rings is 1. The van der Waals surface area contributed by atoms with Gasteiger partial charge in [0.25, 0.3) is 0 Å². The van der Waals surface area contributed by atoms with Gasteiger partial charge in [-0.15, -0.1) is 0 Å². The van der Waals surface area contributed by atoms with Crippen LogP contribution in [0, 0.1) is 0 Å². The summed E-state index contributed by atoms with van der Waals surface area (Å²) in [7, 11) is 0. The van der Waals surface area contributed by atoms with Crippen molar-refractivity contribution in [3.05, 3.63) is 54.0 Å². The molecule has 6 heteroatoms. The molecule has 0 aliphatic carbocycles. The molecule has 1 N–H and O–H groups in total. The first-order chi connectivity index (χ1) is 12.1. The molecule has 1 aromatic carbocycles. The van der Waals surface area contributed by atoms with Gasteiger partial charge in [0.15, 0.2) is 12.4 Å². The molecule has 0 saturated heterocycles. The van der Waals surface area contributed by atoms with Crippen molar-refractivity contribution in [3.8, 4) is 0 Å². The molecule has 2 rings (SSSR count). The van der Waals surface area contributed by atoms with E-state index in [0.29, 0.717) is 29.9 Å². The molecule has 25 heavy (non-hydrogen) atoms. The topological polar surface area (TPSA) is 85.6 Å². The zero-order chi connectivity index (χ0) is 18.1. The molecular weight excluding hydrogens is 322 g/mol. The van der Waals surface area contributed by atoms with Crippen molar-refractivity contribution in [3.63, 3.8) is 0 Å². The molecule has 0 fully saturated rings. The van der Waals surface area contributed by atoms with Crippen LogP contribution in [0.4, 0.5) is 5.69 Å². The first kappa shape index (κ1) is 18.4. The molecule has 0 radical (unpaired) electrons. The molecule has 1 aromatic heterocycles. The third kappa shape index (κ3) is 6.25. The van der Waals surface area contributed by atoms with Gasteiger partial charge < -0.3 is 14.5 Å². The predicted octanol–water partition coefficient (Wildman–Crippen LogP) is 3.38. The Labute approximate surface area is 146 Å². The van der Waals surface area contributed by atoms with Crippen LogP contribution in [0.5, 0.6) is 0 Å². The van der Waals surface area contributed by atoms with Crippen LogP contribution >= 0.6 is 0 Å². The minimum absolute atomic E-state index is 0.0629. The van der Waals surface area contributed by atoms with Crippen LogP contribution in [0.2, 0.25) is 0 Å². The number of esters is 1. The lowest BCUT2D eigenvalue weighted by Gasteiger charge is -2.06. The smallest absolute Gasteiger partial charge is 0.306 e. The summed E-state index contributed by atoms with van der Waals surface area (Å²) in [6, 6.07) is 10.0. The number of carbonyl (C=O) groups excluding carboxylic acids is 3. The molecule has 0 saturated carbocycles. The Kier molecular flexibility index (Phi) is 6.95. The molecule has 132 valence electrons. The first-order valence-corrected chi connectivity index (χ1v) is 8.19. The van der Waals surface area contributed by atoms with Gasteiger partial charge >= 0.3 is 5.97 Å². The summed E-state index contributed by atoms with van der Waals surface area (Å²) in [4.78, 5) is 35.2. The summed E-state index contributed by atoms with van der Waals surface area (Å²) in [5.41, 5.74) is 1.05. The van der Waals surface area contributed by atoms with Gasteiger partial charge in [0, 0.05) is 24.1 Å². The average Bonchev–Trinajstić information content (AvgIpc) is 3.12. The van der Waals surface area contributed by atoms with E-state index in [4.69, 9.17) is 9.15 Å². The number of hydrogen-bond donors (Lipinski definition) is 1. The lowest BCUT2D eigenvalue weighted by atomic mass is 10.1. The second kappa shape index (κ2) is 9.42. The van der Waals surface area contributed by atoms with Crippen molar-refractivity contribution >= 4 is 23.3 Å². The minimum atomic E-state index is -0.451. The Morgan fingerprint density at radius 2 is 1.84 bits per heavy atom. The van der Waals surface area contributed by atoms with E-state index in [-0.39, 0.29) is 24.7 Å². The number of ketones is 1. The zero-order valence-electron chi connectivity index (χ0n) is 14.1. The van der Waals surface area contributed by atoms with Gasteiger partial charge in [-0.3, -0.25) is 14.4 Å². The maximum Gasteiger partial charge on any atom is 0.306 e. The average molecular weight is 343 g/mol. The molecule has 0 aliphatic rings. The van der Waals surface area contributed by atoms with E-state index in [1.807, 2.05) is 6.92 Å². The maximum absolute atomic E-state index is 12.0. The molecule has 0 atom stereocenters. The number of Topliss-reactive ketones (excluding diaryl/α,β-unsaturated/α-hetero) is 1. The van der Waals surface area contributed by atoms with E-state index in [1.54, 1.807) is 42.7 Å². The number of anilines is 1. The zero-order valence-corrected chi connectivity index (χ0v) is 14.1. The summed E-state index contributed by atoms with van der Waals surface area (Å²) in [6.45, 7) is 1.62. The fraction of sp³-hybridized carbons (Fsp3) is 0.316. The number of furan rings is 1. The Hall–Kier alpha value is -2.89. The van der Waals surface area contributed by atoms with Gasteiger partial charge in [-0.1, -0.05) is 6.92 Å². The second-order valence-electron chi connectivity index (χ2n) is 5.54. The van der Waals surface area contributed by atoms with Gasteiger partial charge in [-0.25, -0.2) is 0 Å². The van der Waals surface area contributed by atoms with E-state index in [9.17, 15) is 14.4 Å². The lowest BCUT2D eigenvalue weighted by molar-refractivity contribution is -0.142. The van der Waals surface area contributed by atoms with E-state index in [1.165, 1.54) is 0 Å². The molecular formula is C19H21NO5. The Morgan fingerprint density at radius 1 is 1.08 bits per heavy atom. The largest absolute Gasteiger partial charge is 0.469 e. The molecule has 2 aromatic rings. The van der Waals surface area contributed by atoms with E-state index in [2.05, 4.69) is 5.32 Å². The Morgan fingerprint density at radius 3 is 2.48 bits per heavy atom.